The fourth-order valence-corrected chi connectivity index (χ4v) is 4.62. The maximum atomic E-state index is 13.6. The number of rotatable bonds is 6. The first kappa shape index (κ1) is 17.6. The van der Waals surface area contributed by atoms with Crippen LogP contribution >= 0.6 is 0 Å². The summed E-state index contributed by atoms with van der Waals surface area (Å²) in [6, 6.07) is 2.35. The lowest BCUT2D eigenvalue weighted by Gasteiger charge is -2.09. The number of carbonyl (C=O) groups is 1. The SMILES string of the molecule is CC(C)S(=O)(=O)CCS(=O)(=O)c1cc(C(=O)O)ccc1F. The summed E-state index contributed by atoms with van der Waals surface area (Å²) in [5.74, 6) is -3.96. The maximum Gasteiger partial charge on any atom is 0.335 e. The van der Waals surface area contributed by atoms with Crippen molar-refractivity contribution in [3.8, 4) is 0 Å². The summed E-state index contributed by atoms with van der Waals surface area (Å²) in [7, 11) is -7.83. The first-order valence-corrected chi connectivity index (χ1v) is 9.31. The highest BCUT2D eigenvalue weighted by Crippen LogP contribution is 2.19. The van der Waals surface area contributed by atoms with Crippen molar-refractivity contribution in [1.29, 1.82) is 0 Å². The summed E-state index contributed by atoms with van der Waals surface area (Å²) >= 11 is 0. The Morgan fingerprint density at radius 3 is 2.24 bits per heavy atom. The number of benzene rings is 1. The van der Waals surface area contributed by atoms with E-state index >= 15 is 0 Å². The minimum absolute atomic E-state index is 0.387. The lowest BCUT2D eigenvalue weighted by molar-refractivity contribution is 0.0696. The molecule has 0 aliphatic carbocycles. The molecule has 0 radical (unpaired) electrons. The van der Waals surface area contributed by atoms with Gasteiger partial charge >= 0.3 is 5.97 Å². The zero-order chi connectivity index (χ0) is 16.4. The molecule has 0 unspecified atom stereocenters. The topological polar surface area (TPSA) is 106 Å². The Hall–Kier alpha value is -1.48. The molecule has 1 N–H and O–H groups in total. The molecule has 6 nitrogen and oxygen atoms in total. The molecule has 0 aliphatic rings. The lowest BCUT2D eigenvalue weighted by Crippen LogP contribution is -2.24. The summed E-state index contributed by atoms with van der Waals surface area (Å²) in [4.78, 5) is 9.98. The zero-order valence-corrected chi connectivity index (χ0v) is 13.0. The summed E-state index contributed by atoms with van der Waals surface area (Å²) in [6.07, 6.45) is 0. The monoisotopic (exact) mass is 338 g/mol. The van der Waals surface area contributed by atoms with Crippen molar-refractivity contribution in [2.24, 2.45) is 0 Å². The zero-order valence-electron chi connectivity index (χ0n) is 11.4. The van der Waals surface area contributed by atoms with Crippen LogP contribution in [0.3, 0.4) is 0 Å². The normalized spacial score (nSPS) is 12.6. The molecule has 0 aromatic heterocycles. The lowest BCUT2D eigenvalue weighted by atomic mass is 10.2. The van der Waals surface area contributed by atoms with Gasteiger partial charge in [0.1, 0.15) is 10.7 Å². The molecule has 0 amide bonds. The molecule has 0 saturated heterocycles. The van der Waals surface area contributed by atoms with E-state index in [-0.39, 0.29) is 5.56 Å². The van der Waals surface area contributed by atoms with Gasteiger partial charge in [-0.1, -0.05) is 0 Å². The number of aromatic carboxylic acids is 1. The first-order chi connectivity index (χ1) is 9.47. The van der Waals surface area contributed by atoms with Crippen molar-refractivity contribution in [3.05, 3.63) is 29.6 Å². The van der Waals surface area contributed by atoms with E-state index in [1.54, 1.807) is 0 Å². The van der Waals surface area contributed by atoms with Crippen molar-refractivity contribution < 1.29 is 31.1 Å². The predicted octanol–water partition coefficient (Wildman–Crippen LogP) is 1.12. The van der Waals surface area contributed by atoms with E-state index in [1.165, 1.54) is 13.8 Å². The van der Waals surface area contributed by atoms with Gasteiger partial charge in [-0.3, -0.25) is 0 Å². The molecule has 1 aromatic carbocycles. The van der Waals surface area contributed by atoms with Crippen LogP contribution in [0.15, 0.2) is 23.1 Å². The number of halogens is 1. The molecule has 118 valence electrons. The molecule has 1 rings (SSSR count). The largest absolute Gasteiger partial charge is 0.478 e. The van der Waals surface area contributed by atoms with Gasteiger partial charge in [0.05, 0.1) is 22.3 Å². The average molecular weight is 338 g/mol. The Morgan fingerprint density at radius 2 is 1.76 bits per heavy atom. The van der Waals surface area contributed by atoms with Gasteiger partial charge in [0.2, 0.25) is 0 Å². The first-order valence-electron chi connectivity index (χ1n) is 5.94. The number of sulfone groups is 2. The molecule has 0 bridgehead atoms. The van der Waals surface area contributed by atoms with Crippen LogP contribution < -0.4 is 0 Å². The van der Waals surface area contributed by atoms with E-state index in [1.807, 2.05) is 0 Å². The third-order valence-electron chi connectivity index (χ3n) is 2.87. The van der Waals surface area contributed by atoms with Crippen molar-refractivity contribution >= 4 is 25.6 Å². The van der Waals surface area contributed by atoms with Gasteiger partial charge in [-0.15, -0.1) is 0 Å². The molecular weight excluding hydrogens is 323 g/mol. The van der Waals surface area contributed by atoms with Crippen LogP contribution in [0.2, 0.25) is 0 Å². The van der Waals surface area contributed by atoms with Gasteiger partial charge in [0, 0.05) is 0 Å². The highest BCUT2D eigenvalue weighted by atomic mass is 32.2. The highest BCUT2D eigenvalue weighted by Gasteiger charge is 2.25. The molecule has 0 heterocycles. The van der Waals surface area contributed by atoms with Crippen LogP contribution in [0.5, 0.6) is 0 Å². The minimum atomic E-state index is -4.23. The minimum Gasteiger partial charge on any atom is -0.478 e. The van der Waals surface area contributed by atoms with Gasteiger partial charge in [0.25, 0.3) is 0 Å². The smallest absolute Gasteiger partial charge is 0.335 e. The molecule has 0 spiro atoms. The second-order valence-electron chi connectivity index (χ2n) is 4.68. The Balaban J connectivity index is 3.15. The van der Waals surface area contributed by atoms with Crippen LogP contribution in [-0.2, 0) is 19.7 Å². The van der Waals surface area contributed by atoms with Crippen LogP contribution in [0.25, 0.3) is 0 Å². The second-order valence-corrected chi connectivity index (χ2v) is 9.44. The van der Waals surface area contributed by atoms with Crippen LogP contribution in [0.1, 0.15) is 24.2 Å². The van der Waals surface area contributed by atoms with Gasteiger partial charge in [-0.05, 0) is 32.0 Å². The number of hydrogen-bond donors (Lipinski definition) is 1. The average Bonchev–Trinajstić information content (AvgIpc) is 2.36. The molecule has 21 heavy (non-hydrogen) atoms. The summed E-state index contributed by atoms with van der Waals surface area (Å²) in [5, 5.41) is 8.04. The van der Waals surface area contributed by atoms with Gasteiger partial charge in [-0.25, -0.2) is 26.0 Å². The van der Waals surface area contributed by atoms with Crippen molar-refractivity contribution in [1.82, 2.24) is 0 Å². The van der Waals surface area contributed by atoms with E-state index < -0.39 is 53.1 Å². The third kappa shape index (κ3) is 4.24. The molecule has 9 heteroatoms. The van der Waals surface area contributed by atoms with Crippen molar-refractivity contribution in [2.75, 3.05) is 11.5 Å². The summed E-state index contributed by atoms with van der Waals surface area (Å²) < 4.78 is 60.8. The number of carboxylic acid groups (broad SMARTS) is 1. The van der Waals surface area contributed by atoms with E-state index in [9.17, 15) is 26.0 Å². The Morgan fingerprint density at radius 1 is 1.19 bits per heavy atom. The van der Waals surface area contributed by atoms with E-state index in [0.717, 1.165) is 12.1 Å². The van der Waals surface area contributed by atoms with Gasteiger partial charge in [0.15, 0.2) is 19.7 Å². The maximum absolute atomic E-state index is 13.6. The molecule has 1 aromatic rings. The molecule has 0 fully saturated rings. The van der Waals surface area contributed by atoms with Crippen molar-refractivity contribution in [3.63, 3.8) is 0 Å². The quantitative estimate of drug-likeness (QED) is 0.833. The van der Waals surface area contributed by atoms with E-state index in [2.05, 4.69) is 0 Å². The fraction of sp³-hybridized carbons (Fsp3) is 0.417. The molecule has 0 aliphatic heterocycles. The van der Waals surface area contributed by atoms with Gasteiger partial charge in [-0.2, -0.15) is 0 Å². The second kappa shape index (κ2) is 6.10. The number of carboxylic acids is 1. The Bertz CT molecular complexity index is 750. The Kier molecular flexibility index (Phi) is 5.11. The van der Waals surface area contributed by atoms with Crippen LogP contribution in [0.4, 0.5) is 4.39 Å². The standard InChI is InChI=1S/C12H15FO6S2/c1-8(2)20(16,17)5-6-21(18,19)11-7-9(12(14)15)3-4-10(11)13/h3-4,7-8H,5-6H2,1-2H3,(H,14,15). The van der Waals surface area contributed by atoms with Crippen LogP contribution in [0, 0.1) is 5.82 Å². The third-order valence-corrected chi connectivity index (χ3v) is 7.06. The van der Waals surface area contributed by atoms with E-state index in [4.69, 9.17) is 5.11 Å². The summed E-state index contributed by atoms with van der Waals surface area (Å²) in [6.45, 7) is 2.82. The highest BCUT2D eigenvalue weighted by molar-refractivity contribution is 7.95. The molecule has 0 atom stereocenters. The van der Waals surface area contributed by atoms with Gasteiger partial charge < -0.3 is 5.11 Å². The molecule has 0 saturated carbocycles. The summed E-state index contributed by atoms with van der Waals surface area (Å²) in [5.41, 5.74) is -0.387. The number of hydrogen-bond acceptors (Lipinski definition) is 5. The molecular formula is C12H15FO6S2. The Labute approximate surface area is 122 Å². The predicted molar refractivity (Wildman–Crippen MR) is 74.3 cm³/mol. The van der Waals surface area contributed by atoms with E-state index in [0.29, 0.717) is 6.07 Å². The van der Waals surface area contributed by atoms with Crippen LogP contribution in [-0.4, -0.2) is 44.7 Å². The fourth-order valence-electron chi connectivity index (χ4n) is 1.45. The van der Waals surface area contributed by atoms with Crippen molar-refractivity contribution in [2.45, 2.75) is 24.0 Å².